The molecule has 0 aliphatic carbocycles. The van der Waals surface area contributed by atoms with Crippen molar-refractivity contribution in [2.24, 2.45) is 5.41 Å². The number of hydrogen-bond donors (Lipinski definition) is 2. The maximum atomic E-state index is 13.4. The van der Waals surface area contributed by atoms with Crippen molar-refractivity contribution < 1.29 is 14.3 Å². The minimum Gasteiger partial charge on any atom is -0.396 e. The number of urea groups is 1. The van der Waals surface area contributed by atoms with Crippen molar-refractivity contribution >= 4 is 6.03 Å². The van der Waals surface area contributed by atoms with Gasteiger partial charge in [-0.25, -0.2) is 9.18 Å². The van der Waals surface area contributed by atoms with Crippen molar-refractivity contribution in [2.45, 2.75) is 45.6 Å². The van der Waals surface area contributed by atoms with E-state index >= 15 is 0 Å². The van der Waals surface area contributed by atoms with Crippen LogP contribution in [0.5, 0.6) is 0 Å². The second kappa shape index (κ2) is 7.77. The van der Waals surface area contributed by atoms with Crippen molar-refractivity contribution in [2.75, 3.05) is 19.7 Å². The molecule has 2 amide bonds. The van der Waals surface area contributed by atoms with Crippen LogP contribution in [0.4, 0.5) is 9.18 Å². The standard InChI is InChI=1S/C18H27FN2O2/c1-18(2,13-22)9-5-10-20-17(23)21-11-4-8-16(21)14-6-3-7-15(19)12-14/h3,6-7,12,16,22H,4-5,8-11,13H2,1-2H3,(H,20,23). The summed E-state index contributed by atoms with van der Waals surface area (Å²) >= 11 is 0. The first-order valence-electron chi connectivity index (χ1n) is 8.34. The van der Waals surface area contributed by atoms with E-state index in [0.29, 0.717) is 13.1 Å². The highest BCUT2D eigenvalue weighted by atomic mass is 19.1. The molecule has 0 saturated carbocycles. The number of benzene rings is 1. The van der Waals surface area contributed by atoms with Gasteiger partial charge in [-0.1, -0.05) is 26.0 Å². The molecular weight excluding hydrogens is 295 g/mol. The first-order valence-corrected chi connectivity index (χ1v) is 8.34. The van der Waals surface area contributed by atoms with E-state index in [0.717, 1.165) is 31.2 Å². The van der Waals surface area contributed by atoms with Crippen LogP contribution in [-0.4, -0.2) is 35.7 Å². The predicted octanol–water partition coefficient (Wildman–Crippen LogP) is 3.47. The van der Waals surface area contributed by atoms with Gasteiger partial charge in [-0.15, -0.1) is 0 Å². The molecule has 1 saturated heterocycles. The molecule has 2 N–H and O–H groups in total. The van der Waals surface area contributed by atoms with Crippen LogP contribution in [0.15, 0.2) is 24.3 Å². The van der Waals surface area contributed by atoms with Crippen molar-refractivity contribution in [3.05, 3.63) is 35.6 Å². The number of amides is 2. The van der Waals surface area contributed by atoms with Crippen LogP contribution in [0.25, 0.3) is 0 Å². The van der Waals surface area contributed by atoms with Crippen LogP contribution in [0, 0.1) is 11.2 Å². The van der Waals surface area contributed by atoms with Gasteiger partial charge in [0, 0.05) is 19.7 Å². The molecular formula is C18H27FN2O2. The van der Waals surface area contributed by atoms with Gasteiger partial charge in [0.2, 0.25) is 0 Å². The average Bonchev–Trinajstić information content (AvgIpc) is 3.01. The number of rotatable bonds is 6. The van der Waals surface area contributed by atoms with Gasteiger partial charge in [-0.2, -0.15) is 0 Å². The Morgan fingerprint density at radius 3 is 2.96 bits per heavy atom. The number of carbonyl (C=O) groups excluding carboxylic acids is 1. The molecule has 1 aromatic carbocycles. The Balaban J connectivity index is 1.86. The van der Waals surface area contributed by atoms with Crippen LogP contribution >= 0.6 is 0 Å². The van der Waals surface area contributed by atoms with E-state index < -0.39 is 0 Å². The van der Waals surface area contributed by atoms with E-state index in [1.807, 2.05) is 19.9 Å². The zero-order chi connectivity index (χ0) is 16.9. The molecule has 1 heterocycles. The fourth-order valence-corrected chi connectivity index (χ4v) is 3.01. The normalized spacial score (nSPS) is 18.3. The Hall–Kier alpha value is -1.62. The molecule has 0 radical (unpaired) electrons. The molecule has 0 aromatic heterocycles. The van der Waals surface area contributed by atoms with Gasteiger partial charge in [0.25, 0.3) is 0 Å². The van der Waals surface area contributed by atoms with Crippen molar-refractivity contribution in [1.29, 1.82) is 0 Å². The number of nitrogens with one attached hydrogen (secondary N) is 1. The minimum absolute atomic E-state index is 0.0421. The van der Waals surface area contributed by atoms with Crippen LogP contribution in [0.3, 0.4) is 0 Å². The molecule has 1 aliphatic heterocycles. The summed E-state index contributed by atoms with van der Waals surface area (Å²) < 4.78 is 13.4. The fourth-order valence-electron chi connectivity index (χ4n) is 3.01. The lowest BCUT2D eigenvalue weighted by molar-refractivity contribution is 0.147. The Morgan fingerprint density at radius 2 is 2.26 bits per heavy atom. The first-order chi connectivity index (χ1) is 10.9. The molecule has 2 rings (SSSR count). The average molecular weight is 322 g/mol. The monoisotopic (exact) mass is 322 g/mol. The molecule has 4 nitrogen and oxygen atoms in total. The Kier molecular flexibility index (Phi) is 5.99. The predicted molar refractivity (Wildman–Crippen MR) is 88.6 cm³/mol. The van der Waals surface area contributed by atoms with E-state index in [9.17, 15) is 14.3 Å². The van der Waals surface area contributed by atoms with Gasteiger partial charge in [0.15, 0.2) is 0 Å². The van der Waals surface area contributed by atoms with Crippen molar-refractivity contribution in [3.63, 3.8) is 0 Å². The highest BCUT2D eigenvalue weighted by molar-refractivity contribution is 5.75. The summed E-state index contributed by atoms with van der Waals surface area (Å²) in [7, 11) is 0. The summed E-state index contributed by atoms with van der Waals surface area (Å²) in [6.45, 7) is 5.46. The molecule has 1 aromatic rings. The van der Waals surface area contributed by atoms with Gasteiger partial charge in [0.05, 0.1) is 6.04 Å². The molecule has 0 spiro atoms. The lowest BCUT2D eigenvalue weighted by Crippen LogP contribution is -2.40. The second-order valence-corrected chi connectivity index (χ2v) is 7.06. The van der Waals surface area contributed by atoms with Crippen molar-refractivity contribution in [3.8, 4) is 0 Å². The molecule has 1 atom stereocenters. The fraction of sp³-hybridized carbons (Fsp3) is 0.611. The molecule has 128 valence electrons. The summed E-state index contributed by atoms with van der Waals surface area (Å²) in [5.41, 5.74) is 0.752. The topological polar surface area (TPSA) is 52.6 Å². The number of hydrogen-bond acceptors (Lipinski definition) is 2. The zero-order valence-corrected chi connectivity index (χ0v) is 14.0. The molecule has 23 heavy (non-hydrogen) atoms. The van der Waals surface area contributed by atoms with E-state index in [1.165, 1.54) is 12.1 Å². The van der Waals surface area contributed by atoms with Crippen molar-refractivity contribution in [1.82, 2.24) is 10.2 Å². The third-order valence-electron chi connectivity index (χ3n) is 4.48. The molecule has 5 heteroatoms. The molecule has 0 bridgehead atoms. The lowest BCUT2D eigenvalue weighted by Gasteiger charge is -2.26. The maximum absolute atomic E-state index is 13.4. The Bertz CT molecular complexity index is 534. The molecule has 1 aliphatic rings. The Morgan fingerprint density at radius 1 is 1.48 bits per heavy atom. The quantitative estimate of drug-likeness (QED) is 0.788. The van der Waals surface area contributed by atoms with E-state index in [-0.39, 0.29) is 29.9 Å². The lowest BCUT2D eigenvalue weighted by atomic mass is 9.89. The highest BCUT2D eigenvalue weighted by Crippen LogP contribution is 2.32. The van der Waals surface area contributed by atoms with Crippen LogP contribution in [-0.2, 0) is 0 Å². The summed E-state index contributed by atoms with van der Waals surface area (Å²) in [5.74, 6) is -0.263. The van der Waals surface area contributed by atoms with E-state index in [4.69, 9.17) is 0 Å². The smallest absolute Gasteiger partial charge is 0.317 e. The third kappa shape index (κ3) is 4.93. The summed E-state index contributed by atoms with van der Waals surface area (Å²) in [6.07, 6.45) is 3.50. The Labute approximate surface area is 137 Å². The second-order valence-electron chi connectivity index (χ2n) is 7.06. The number of halogens is 1. The number of nitrogens with zero attached hydrogens (tertiary/aromatic N) is 1. The van der Waals surface area contributed by atoms with Gasteiger partial charge < -0.3 is 15.3 Å². The SMILES string of the molecule is CC(C)(CO)CCCNC(=O)N1CCCC1c1cccc(F)c1. The van der Waals surface area contributed by atoms with Gasteiger partial charge in [-0.05, 0) is 48.8 Å². The van der Waals surface area contributed by atoms with E-state index in [1.54, 1.807) is 11.0 Å². The summed E-state index contributed by atoms with van der Waals surface area (Å²) in [5, 5.41) is 12.2. The summed E-state index contributed by atoms with van der Waals surface area (Å²) in [4.78, 5) is 14.2. The zero-order valence-electron chi connectivity index (χ0n) is 14.0. The number of aliphatic hydroxyl groups is 1. The van der Waals surface area contributed by atoms with Gasteiger partial charge in [0.1, 0.15) is 5.82 Å². The molecule has 1 unspecified atom stereocenters. The third-order valence-corrected chi connectivity index (χ3v) is 4.48. The first kappa shape index (κ1) is 17.7. The van der Waals surface area contributed by atoms with Gasteiger partial charge in [-0.3, -0.25) is 0 Å². The van der Waals surface area contributed by atoms with Crippen LogP contribution in [0.1, 0.15) is 51.1 Å². The highest BCUT2D eigenvalue weighted by Gasteiger charge is 2.30. The minimum atomic E-state index is -0.263. The van der Waals surface area contributed by atoms with Crippen LogP contribution in [0.2, 0.25) is 0 Å². The number of aliphatic hydroxyl groups excluding tert-OH is 1. The van der Waals surface area contributed by atoms with Crippen LogP contribution < -0.4 is 5.32 Å². The maximum Gasteiger partial charge on any atom is 0.317 e. The number of carbonyl (C=O) groups is 1. The summed E-state index contributed by atoms with van der Waals surface area (Å²) in [6, 6.07) is 6.38. The van der Waals surface area contributed by atoms with Gasteiger partial charge >= 0.3 is 6.03 Å². The largest absolute Gasteiger partial charge is 0.396 e. The number of likely N-dealkylation sites (tertiary alicyclic amines) is 1. The molecule has 1 fully saturated rings. The van der Waals surface area contributed by atoms with E-state index in [2.05, 4.69) is 5.32 Å².